The van der Waals surface area contributed by atoms with Gasteiger partial charge in [0.2, 0.25) is 0 Å². The summed E-state index contributed by atoms with van der Waals surface area (Å²) in [7, 11) is 1.83. The van der Waals surface area contributed by atoms with Crippen molar-refractivity contribution in [2.45, 2.75) is 58.9 Å². The first kappa shape index (κ1) is 15.1. The molecule has 0 atom stereocenters. The number of carbonyl (C=O) groups excluding carboxylic acids is 1. The number of hydrogen-bond donors (Lipinski definition) is 1. The summed E-state index contributed by atoms with van der Waals surface area (Å²) >= 11 is 0. The second-order valence-corrected chi connectivity index (χ2v) is 6.77. The van der Waals surface area contributed by atoms with Crippen molar-refractivity contribution in [1.29, 1.82) is 0 Å². The van der Waals surface area contributed by atoms with E-state index in [1.54, 1.807) is 17.1 Å². The maximum Gasteiger partial charge on any atom is 0.254 e. The second-order valence-electron chi connectivity index (χ2n) is 6.77. The van der Waals surface area contributed by atoms with E-state index < -0.39 is 0 Å². The molecular formula is C16H27N3O. The van der Waals surface area contributed by atoms with Gasteiger partial charge in [-0.2, -0.15) is 5.10 Å². The molecule has 0 unspecified atom stereocenters. The Balaban J connectivity index is 1.84. The third-order valence-electron chi connectivity index (χ3n) is 5.05. The van der Waals surface area contributed by atoms with E-state index >= 15 is 0 Å². The summed E-state index contributed by atoms with van der Waals surface area (Å²) in [6, 6.07) is 0.326. The molecule has 112 valence electrons. The van der Waals surface area contributed by atoms with E-state index in [0.29, 0.717) is 17.0 Å². The minimum absolute atomic E-state index is 0.0105. The van der Waals surface area contributed by atoms with Crippen LogP contribution in [0.15, 0.2) is 12.4 Å². The maximum atomic E-state index is 12.1. The average Bonchev–Trinajstić information content (AvgIpc) is 2.86. The molecule has 20 heavy (non-hydrogen) atoms. The van der Waals surface area contributed by atoms with Crippen molar-refractivity contribution < 1.29 is 4.79 Å². The van der Waals surface area contributed by atoms with Gasteiger partial charge in [0.15, 0.2) is 0 Å². The SMILES string of the molecule is CCC(C)(C)C1CCC(NC(=O)c2cnn(C)c2)CC1. The molecule has 1 fully saturated rings. The molecule has 1 aliphatic carbocycles. The van der Waals surface area contributed by atoms with Crippen LogP contribution in [0.25, 0.3) is 0 Å². The summed E-state index contributed by atoms with van der Waals surface area (Å²) in [6.07, 6.45) is 9.25. The number of aromatic nitrogens is 2. The number of nitrogens with one attached hydrogen (secondary N) is 1. The molecule has 1 heterocycles. The Morgan fingerprint density at radius 2 is 2.05 bits per heavy atom. The molecule has 0 radical (unpaired) electrons. The van der Waals surface area contributed by atoms with Crippen molar-refractivity contribution >= 4 is 5.91 Å². The normalized spacial score (nSPS) is 23.6. The molecule has 4 heteroatoms. The molecule has 2 rings (SSSR count). The van der Waals surface area contributed by atoms with Gasteiger partial charge in [-0.15, -0.1) is 0 Å². The molecule has 0 bridgehead atoms. The molecule has 1 aromatic rings. The summed E-state index contributed by atoms with van der Waals surface area (Å²) < 4.78 is 1.66. The first-order valence-corrected chi connectivity index (χ1v) is 7.72. The van der Waals surface area contributed by atoms with Gasteiger partial charge in [0.05, 0.1) is 11.8 Å². The van der Waals surface area contributed by atoms with E-state index in [0.717, 1.165) is 18.8 Å². The van der Waals surface area contributed by atoms with Gasteiger partial charge in [-0.05, 0) is 37.0 Å². The minimum Gasteiger partial charge on any atom is -0.349 e. The van der Waals surface area contributed by atoms with Gasteiger partial charge < -0.3 is 5.32 Å². The van der Waals surface area contributed by atoms with E-state index in [-0.39, 0.29) is 5.91 Å². The topological polar surface area (TPSA) is 46.9 Å². The molecule has 1 N–H and O–H groups in total. The predicted octanol–water partition coefficient (Wildman–Crippen LogP) is 3.14. The van der Waals surface area contributed by atoms with Gasteiger partial charge in [0.1, 0.15) is 0 Å². The van der Waals surface area contributed by atoms with Crippen LogP contribution < -0.4 is 5.32 Å². The standard InChI is InChI=1S/C16H27N3O/c1-5-16(2,3)13-6-8-14(9-7-13)18-15(20)12-10-17-19(4)11-12/h10-11,13-14H,5-9H2,1-4H3,(H,18,20). The van der Waals surface area contributed by atoms with Crippen LogP contribution in [0.4, 0.5) is 0 Å². The summed E-state index contributed by atoms with van der Waals surface area (Å²) in [5, 5.41) is 7.19. The smallest absolute Gasteiger partial charge is 0.254 e. The lowest BCUT2D eigenvalue weighted by Crippen LogP contribution is -2.39. The summed E-state index contributed by atoms with van der Waals surface area (Å²) in [5.41, 5.74) is 1.08. The van der Waals surface area contributed by atoms with Crippen molar-refractivity contribution in [1.82, 2.24) is 15.1 Å². The van der Waals surface area contributed by atoms with E-state index in [1.165, 1.54) is 19.3 Å². The van der Waals surface area contributed by atoms with E-state index in [9.17, 15) is 4.79 Å². The second kappa shape index (κ2) is 5.98. The quantitative estimate of drug-likeness (QED) is 0.919. The van der Waals surface area contributed by atoms with Crippen LogP contribution in [0.5, 0.6) is 0 Å². The lowest BCUT2D eigenvalue weighted by Gasteiger charge is -2.39. The van der Waals surface area contributed by atoms with Crippen molar-refractivity contribution in [3.05, 3.63) is 18.0 Å². The Bertz CT molecular complexity index is 456. The molecule has 0 saturated heterocycles. The molecule has 0 aliphatic heterocycles. The molecule has 0 aromatic carbocycles. The van der Waals surface area contributed by atoms with Crippen LogP contribution in [0.2, 0.25) is 0 Å². The summed E-state index contributed by atoms with van der Waals surface area (Å²) in [4.78, 5) is 12.1. The first-order chi connectivity index (χ1) is 9.42. The molecule has 1 aliphatic rings. The lowest BCUT2D eigenvalue weighted by molar-refractivity contribution is 0.0893. The Morgan fingerprint density at radius 3 is 2.55 bits per heavy atom. The number of amides is 1. The fourth-order valence-corrected chi connectivity index (χ4v) is 3.12. The van der Waals surface area contributed by atoms with Crippen molar-refractivity contribution in [2.24, 2.45) is 18.4 Å². The zero-order valence-corrected chi connectivity index (χ0v) is 13.1. The van der Waals surface area contributed by atoms with Gasteiger partial charge in [-0.25, -0.2) is 0 Å². The van der Waals surface area contributed by atoms with Crippen LogP contribution in [0.1, 0.15) is 63.2 Å². The fraction of sp³-hybridized carbons (Fsp3) is 0.750. The molecule has 0 spiro atoms. The van der Waals surface area contributed by atoms with Crippen molar-refractivity contribution in [3.8, 4) is 0 Å². The third-order valence-corrected chi connectivity index (χ3v) is 5.05. The molecular weight excluding hydrogens is 250 g/mol. The largest absolute Gasteiger partial charge is 0.349 e. The Labute approximate surface area is 121 Å². The molecule has 1 aromatic heterocycles. The van der Waals surface area contributed by atoms with Crippen LogP contribution in [0.3, 0.4) is 0 Å². The van der Waals surface area contributed by atoms with Gasteiger partial charge in [-0.3, -0.25) is 9.48 Å². The third kappa shape index (κ3) is 3.41. The summed E-state index contributed by atoms with van der Waals surface area (Å²) in [5.74, 6) is 0.801. The number of hydrogen-bond acceptors (Lipinski definition) is 2. The zero-order chi connectivity index (χ0) is 14.8. The van der Waals surface area contributed by atoms with Crippen molar-refractivity contribution in [3.63, 3.8) is 0 Å². The van der Waals surface area contributed by atoms with Crippen molar-refractivity contribution in [2.75, 3.05) is 0 Å². The minimum atomic E-state index is 0.0105. The van der Waals surface area contributed by atoms with Crippen LogP contribution >= 0.6 is 0 Å². The summed E-state index contributed by atoms with van der Waals surface area (Å²) in [6.45, 7) is 7.01. The average molecular weight is 277 g/mol. The Morgan fingerprint density at radius 1 is 1.40 bits per heavy atom. The number of rotatable bonds is 4. The monoisotopic (exact) mass is 277 g/mol. The van der Waals surface area contributed by atoms with E-state index in [1.807, 2.05) is 7.05 Å². The number of nitrogens with zero attached hydrogens (tertiary/aromatic N) is 2. The highest BCUT2D eigenvalue weighted by atomic mass is 16.1. The highest BCUT2D eigenvalue weighted by molar-refractivity contribution is 5.93. The van der Waals surface area contributed by atoms with Crippen LogP contribution in [-0.4, -0.2) is 21.7 Å². The highest BCUT2D eigenvalue weighted by Gasteiger charge is 2.32. The van der Waals surface area contributed by atoms with E-state index in [4.69, 9.17) is 0 Å². The lowest BCUT2D eigenvalue weighted by atomic mass is 9.69. The first-order valence-electron chi connectivity index (χ1n) is 7.72. The van der Waals surface area contributed by atoms with Gasteiger partial charge in [0, 0.05) is 19.3 Å². The Hall–Kier alpha value is -1.32. The number of carbonyl (C=O) groups is 1. The molecule has 1 amide bonds. The van der Waals surface area contributed by atoms with Gasteiger partial charge >= 0.3 is 0 Å². The highest BCUT2D eigenvalue weighted by Crippen LogP contribution is 2.40. The van der Waals surface area contributed by atoms with Gasteiger partial charge in [0.25, 0.3) is 5.91 Å². The zero-order valence-electron chi connectivity index (χ0n) is 13.1. The molecule has 1 saturated carbocycles. The van der Waals surface area contributed by atoms with Crippen LogP contribution in [0, 0.1) is 11.3 Å². The maximum absolute atomic E-state index is 12.1. The van der Waals surface area contributed by atoms with Gasteiger partial charge in [-0.1, -0.05) is 27.2 Å². The van der Waals surface area contributed by atoms with E-state index in [2.05, 4.69) is 31.2 Å². The predicted molar refractivity (Wildman–Crippen MR) is 80.5 cm³/mol. The Kier molecular flexibility index (Phi) is 4.51. The molecule has 4 nitrogen and oxygen atoms in total. The number of aryl methyl sites for hydroxylation is 1. The fourth-order valence-electron chi connectivity index (χ4n) is 3.12. The van der Waals surface area contributed by atoms with Crippen LogP contribution in [-0.2, 0) is 7.05 Å².